The van der Waals surface area contributed by atoms with Crippen LogP contribution in [0.4, 0.5) is 0 Å². The average Bonchev–Trinajstić information content (AvgIpc) is 3.14. The van der Waals surface area contributed by atoms with E-state index in [4.69, 9.17) is 27.0 Å². The van der Waals surface area contributed by atoms with Gasteiger partial charge in [0.2, 0.25) is 17.3 Å². The Balaban J connectivity index is 1.93. The zero-order valence-electron chi connectivity index (χ0n) is 19.0. The Morgan fingerprint density at radius 3 is 2.35 bits per heavy atom. The molecule has 1 aliphatic rings. The van der Waals surface area contributed by atoms with Crippen LogP contribution < -0.4 is 21.7 Å². The van der Waals surface area contributed by atoms with E-state index in [1.54, 1.807) is 0 Å². The molecule has 0 spiro atoms. The maximum atomic E-state index is 11.7. The van der Waals surface area contributed by atoms with Gasteiger partial charge in [-0.3, -0.25) is 34.2 Å². The molecule has 1 atom stereocenters. The van der Waals surface area contributed by atoms with Gasteiger partial charge in [-0.15, -0.1) is 0 Å². The lowest BCUT2D eigenvalue weighted by Crippen LogP contribution is -2.38. The van der Waals surface area contributed by atoms with Gasteiger partial charge < -0.3 is 25.8 Å². The van der Waals surface area contributed by atoms with Gasteiger partial charge in [-0.05, 0) is 31.1 Å². The van der Waals surface area contributed by atoms with Crippen molar-refractivity contribution in [3.8, 4) is 0 Å². The van der Waals surface area contributed by atoms with Gasteiger partial charge in [0.15, 0.2) is 0 Å². The Kier molecular flexibility index (Phi) is 16.0. The lowest BCUT2D eigenvalue weighted by molar-refractivity contribution is -0.137. The highest BCUT2D eigenvalue weighted by atomic mass is 32.4. The summed E-state index contributed by atoms with van der Waals surface area (Å²) in [7, 11) is 0.284. The molecule has 0 aromatic carbocycles. The van der Waals surface area contributed by atoms with Crippen LogP contribution in [0.5, 0.6) is 0 Å². The number of hydrogen-bond acceptors (Lipinski definition) is 10. The van der Waals surface area contributed by atoms with Gasteiger partial charge in [0, 0.05) is 44.9 Å². The molecule has 0 radical (unpaired) electrons. The summed E-state index contributed by atoms with van der Waals surface area (Å²) in [5.74, 6) is -1.36. The molecule has 0 aromatic heterocycles. The van der Waals surface area contributed by atoms with Crippen LogP contribution in [-0.2, 0) is 45.3 Å². The van der Waals surface area contributed by atoms with Crippen molar-refractivity contribution in [1.29, 1.82) is 0 Å². The molecule has 0 fully saturated rings. The molecular weight excluding hydrogens is 485 g/mol. The number of nitrogens with two attached hydrogens (primary N) is 1. The van der Waals surface area contributed by atoms with Crippen LogP contribution in [0.3, 0.4) is 0 Å². The summed E-state index contributed by atoms with van der Waals surface area (Å²) in [6.07, 6.45) is 4.44. The minimum atomic E-state index is -0.416. The van der Waals surface area contributed by atoms with E-state index in [2.05, 4.69) is 16.0 Å². The van der Waals surface area contributed by atoms with Crippen LogP contribution in [0.2, 0.25) is 0 Å². The van der Waals surface area contributed by atoms with Crippen LogP contribution in [0.15, 0.2) is 12.2 Å². The third-order valence-corrected chi connectivity index (χ3v) is 5.66. The fourth-order valence-electron chi connectivity index (χ4n) is 2.87. The molecule has 1 heterocycles. The summed E-state index contributed by atoms with van der Waals surface area (Å²) in [6.45, 7) is 1.65. The molecule has 14 heteroatoms. The van der Waals surface area contributed by atoms with Crippen LogP contribution in [0.1, 0.15) is 25.7 Å². The largest absolute Gasteiger partial charge is 0.377 e. The van der Waals surface area contributed by atoms with E-state index in [-0.39, 0.29) is 83.3 Å². The molecule has 0 aliphatic carbocycles. The molecule has 34 heavy (non-hydrogen) atoms. The smallest absolute Gasteiger partial charge is 0.253 e. The SMILES string of the molecule is NCN[C@@H](CCCCNC(=O)COCCOCCNC(=O)CCN1C(=O)C=CC1=O)C(=O)P=S. The minimum Gasteiger partial charge on any atom is -0.377 e. The first-order chi connectivity index (χ1) is 16.4. The standard InChI is InChI=1S/C20H32N5O7PS/c21-14-24-15(20(30)33-34)3-1-2-7-22-17(27)13-32-12-11-31-10-8-23-16(26)6-9-25-18(28)4-5-19(25)29/h4-5,15,24H,1-3,6-14,21H2,(H,22,27)(H,23,26)/t15-/m0/s1. The third-order valence-electron chi connectivity index (χ3n) is 4.63. The topological polar surface area (TPSA) is 169 Å². The van der Waals surface area contributed by atoms with Crippen LogP contribution in [-0.4, -0.2) is 92.8 Å². The summed E-state index contributed by atoms with van der Waals surface area (Å²) in [5, 5.41) is 8.27. The Hall–Kier alpha value is -2.15. The second-order valence-corrected chi connectivity index (χ2v) is 8.33. The van der Waals surface area contributed by atoms with Gasteiger partial charge in [-0.1, -0.05) is 0 Å². The first kappa shape index (κ1) is 29.9. The lowest BCUT2D eigenvalue weighted by atomic mass is 10.1. The summed E-state index contributed by atoms with van der Waals surface area (Å²) in [6, 6.07) is -0.347. The van der Waals surface area contributed by atoms with Crippen molar-refractivity contribution in [2.75, 3.05) is 52.7 Å². The second-order valence-electron chi connectivity index (χ2n) is 7.16. The number of imide groups is 1. The minimum absolute atomic E-state index is 0.0227. The van der Waals surface area contributed by atoms with E-state index < -0.39 is 11.8 Å². The number of ether oxygens (including phenoxy) is 2. The average molecular weight is 518 g/mol. The van der Waals surface area contributed by atoms with Crippen molar-refractivity contribution < 1.29 is 33.4 Å². The van der Waals surface area contributed by atoms with E-state index in [1.807, 2.05) is 0 Å². The van der Waals surface area contributed by atoms with E-state index in [9.17, 15) is 24.0 Å². The van der Waals surface area contributed by atoms with Gasteiger partial charge >= 0.3 is 0 Å². The normalized spacial score (nSPS) is 14.0. The van der Waals surface area contributed by atoms with Crippen LogP contribution in [0, 0.1) is 0 Å². The Morgan fingerprint density at radius 1 is 1.00 bits per heavy atom. The summed E-state index contributed by atoms with van der Waals surface area (Å²) in [5.41, 5.74) is 5.34. The number of hydrogen-bond donors (Lipinski definition) is 4. The predicted octanol–water partition coefficient (Wildman–Crippen LogP) is -1.45. The van der Waals surface area contributed by atoms with Gasteiger partial charge in [0.1, 0.15) is 6.61 Å². The lowest BCUT2D eigenvalue weighted by Gasteiger charge is -2.13. The van der Waals surface area contributed by atoms with Crippen molar-refractivity contribution in [2.24, 2.45) is 5.73 Å². The van der Waals surface area contributed by atoms with Crippen molar-refractivity contribution in [1.82, 2.24) is 20.9 Å². The molecule has 190 valence electrons. The maximum absolute atomic E-state index is 11.7. The van der Waals surface area contributed by atoms with Gasteiger partial charge in [0.05, 0.1) is 33.2 Å². The predicted molar refractivity (Wildman–Crippen MR) is 127 cm³/mol. The van der Waals surface area contributed by atoms with E-state index in [1.165, 1.54) is 12.2 Å². The quantitative estimate of drug-likeness (QED) is 0.0648. The number of nitrogens with zero attached hydrogens (tertiary/aromatic N) is 1. The molecule has 1 aliphatic heterocycles. The fraction of sp³-hybridized carbons (Fsp3) is 0.650. The Bertz CT molecular complexity index is 735. The number of nitrogens with one attached hydrogen (secondary N) is 3. The molecule has 0 unspecified atom stereocenters. The maximum Gasteiger partial charge on any atom is 0.253 e. The van der Waals surface area contributed by atoms with Crippen LogP contribution >= 0.6 is 7.36 Å². The van der Waals surface area contributed by atoms with Crippen molar-refractivity contribution >= 4 is 48.3 Å². The van der Waals surface area contributed by atoms with Gasteiger partial charge in [-0.25, -0.2) is 0 Å². The molecular formula is C20H32N5O7PS. The summed E-state index contributed by atoms with van der Waals surface area (Å²) >= 11 is 4.75. The molecule has 12 nitrogen and oxygen atoms in total. The first-order valence-corrected chi connectivity index (χ1v) is 12.8. The molecule has 0 aromatic rings. The highest BCUT2D eigenvalue weighted by Crippen LogP contribution is 2.08. The first-order valence-electron chi connectivity index (χ1n) is 10.9. The zero-order valence-corrected chi connectivity index (χ0v) is 20.7. The van der Waals surface area contributed by atoms with E-state index >= 15 is 0 Å². The van der Waals surface area contributed by atoms with Gasteiger partial charge in [-0.2, -0.15) is 0 Å². The van der Waals surface area contributed by atoms with Crippen molar-refractivity contribution in [3.05, 3.63) is 12.2 Å². The molecule has 4 amide bonds. The monoisotopic (exact) mass is 517 g/mol. The number of carbonyl (C=O) groups is 5. The zero-order chi connectivity index (χ0) is 25.2. The summed E-state index contributed by atoms with van der Waals surface area (Å²) < 4.78 is 10.5. The molecule has 1 rings (SSSR count). The summed E-state index contributed by atoms with van der Waals surface area (Å²) in [4.78, 5) is 58.9. The van der Waals surface area contributed by atoms with Crippen molar-refractivity contribution in [3.63, 3.8) is 0 Å². The molecule has 0 saturated carbocycles. The fourth-order valence-corrected chi connectivity index (χ4v) is 3.60. The Morgan fingerprint density at radius 2 is 1.68 bits per heavy atom. The number of unbranched alkanes of at least 4 members (excludes halogenated alkanes) is 1. The number of amides is 4. The number of rotatable bonds is 20. The van der Waals surface area contributed by atoms with Crippen molar-refractivity contribution in [2.45, 2.75) is 31.7 Å². The molecule has 0 bridgehead atoms. The highest BCUT2D eigenvalue weighted by Gasteiger charge is 2.23. The molecule has 0 saturated heterocycles. The molecule has 5 N–H and O–H groups in total. The van der Waals surface area contributed by atoms with Gasteiger partial charge in [0.25, 0.3) is 11.8 Å². The van der Waals surface area contributed by atoms with E-state index in [0.29, 0.717) is 19.4 Å². The Labute approximate surface area is 205 Å². The second kappa shape index (κ2) is 18.2. The third kappa shape index (κ3) is 12.9. The van der Waals surface area contributed by atoms with E-state index in [0.717, 1.165) is 11.3 Å². The van der Waals surface area contributed by atoms with Crippen LogP contribution in [0.25, 0.3) is 0 Å². The number of carbonyl (C=O) groups excluding carboxylic acids is 5. The highest BCUT2D eigenvalue weighted by molar-refractivity contribution is 8.03.